The average molecular weight is 660 g/mol. The Kier molecular flexibility index (Phi) is 13.8. The highest BCUT2D eigenvalue weighted by molar-refractivity contribution is 7.89. The number of aliphatic carboxylic acids is 1. The Labute approximate surface area is 226 Å². The summed E-state index contributed by atoms with van der Waals surface area (Å²) in [6, 6.07) is 0. The van der Waals surface area contributed by atoms with Crippen molar-refractivity contribution in [3.05, 3.63) is 0 Å². The van der Waals surface area contributed by atoms with Crippen LogP contribution < -0.4 is 15.6 Å². The first-order valence-corrected chi connectivity index (χ1v) is 13.7. The number of carbonyl (C=O) groups is 1. The van der Waals surface area contributed by atoms with Gasteiger partial charge in [0.25, 0.3) is 0 Å². The molecule has 0 radical (unpaired) electrons. The largest absolute Gasteiger partial charge is 0.691 e. The van der Waals surface area contributed by atoms with Gasteiger partial charge in [0.05, 0.1) is 19.2 Å². The van der Waals surface area contributed by atoms with Gasteiger partial charge in [0, 0.05) is 0 Å². The smallest absolute Gasteiger partial charge is 0.529 e. The number of carboxylic acid groups (broad SMARTS) is 1. The van der Waals surface area contributed by atoms with E-state index in [4.69, 9.17) is 31.7 Å². The molecular weight excluding hydrogens is 640 g/mol. The van der Waals surface area contributed by atoms with Gasteiger partial charge in [-0.3, -0.25) is 18.4 Å². The standard InChI is InChI=1S/C12H20O23S4/c13-1-3-7(30-38(19,20)21)6(4(26-3)2-25-36-34-32-17)27-12-9(31-39(22,23)24)5(14)8(29-37-35-33-18)10(28-12)11(15)16/h3-10,12-14,17-18H,1-2H2,(H,15,16)(H,19,20,21)(H,22,23,24)/p-1. The normalized spacial score (nSPS) is 33.8. The molecule has 0 spiro atoms. The van der Waals surface area contributed by atoms with Crippen molar-refractivity contribution in [3.8, 4) is 0 Å². The van der Waals surface area contributed by atoms with Gasteiger partial charge in [-0.25, -0.2) is 0 Å². The van der Waals surface area contributed by atoms with Crippen LogP contribution >= 0.6 is 24.6 Å². The average Bonchev–Trinajstić information content (AvgIpc) is 3.14. The Morgan fingerprint density at radius 2 is 1.49 bits per heavy atom. The summed E-state index contributed by atoms with van der Waals surface area (Å²) >= 11 is -0.359. The fourth-order valence-electron chi connectivity index (χ4n) is 3.35. The molecule has 27 heteroatoms. The maximum absolute atomic E-state index is 11.7. The van der Waals surface area contributed by atoms with Crippen molar-refractivity contribution in [1.29, 1.82) is 0 Å². The van der Waals surface area contributed by atoms with Crippen LogP contribution in [0.2, 0.25) is 0 Å². The summed E-state index contributed by atoms with van der Waals surface area (Å²) < 4.78 is 102. The van der Waals surface area contributed by atoms with Gasteiger partial charge in [-0.1, -0.05) is 0 Å². The Balaban J connectivity index is 2.43. The Morgan fingerprint density at radius 1 is 0.897 bits per heavy atom. The minimum atomic E-state index is -5.22. The van der Waals surface area contributed by atoms with Crippen LogP contribution in [-0.2, 0) is 75.3 Å². The molecule has 2 aliphatic rings. The van der Waals surface area contributed by atoms with Crippen molar-refractivity contribution in [2.24, 2.45) is 0 Å². The summed E-state index contributed by atoms with van der Waals surface area (Å²) in [6.07, 6.45) is -18.4. The zero-order valence-electron chi connectivity index (χ0n) is 18.4. The fourth-order valence-corrected chi connectivity index (χ4v) is 4.98. The number of carbonyl (C=O) groups excluding carboxylic acids is 1. The summed E-state index contributed by atoms with van der Waals surface area (Å²) in [5.74, 6) is -2.10. The second kappa shape index (κ2) is 15.6. The summed E-state index contributed by atoms with van der Waals surface area (Å²) in [5.41, 5.74) is 0. The first kappa shape index (κ1) is 34.6. The molecule has 2 saturated heterocycles. The van der Waals surface area contributed by atoms with E-state index < -0.39 is 95.1 Å². The van der Waals surface area contributed by atoms with Crippen LogP contribution in [0.25, 0.3) is 0 Å². The molecule has 0 amide bonds. The summed E-state index contributed by atoms with van der Waals surface area (Å²) in [6.45, 7) is -1.65. The molecule has 9 unspecified atom stereocenters. The Hall–Kier alpha value is -0.610. The maximum Gasteiger partial charge on any atom is 0.529 e. The molecule has 230 valence electrons. The molecule has 2 heterocycles. The minimum Gasteiger partial charge on any atom is -0.691 e. The highest BCUT2D eigenvalue weighted by Gasteiger charge is 2.55. The van der Waals surface area contributed by atoms with Crippen LogP contribution in [0.4, 0.5) is 0 Å². The predicted octanol–water partition coefficient (Wildman–Crippen LogP) is -8.35. The zero-order valence-corrected chi connectivity index (χ0v) is 21.7. The topological polar surface area (TPSA) is 342 Å². The lowest BCUT2D eigenvalue weighted by atomic mass is 9.98. The number of rotatable bonds is 17. The molecule has 2 fully saturated rings. The van der Waals surface area contributed by atoms with Gasteiger partial charge in [-0.2, -0.15) is 8.37 Å². The number of hydrogen-bond acceptors (Lipinski definition) is 23. The van der Waals surface area contributed by atoms with E-state index >= 15 is 0 Å². The molecule has 39 heavy (non-hydrogen) atoms. The maximum atomic E-state index is 11.7. The SMILES string of the molecule is O=C([O-])C1OC(OC2C(COSOO[O-])OC(CO)C2OS(=O)(=O)[OH2+])C(OS(=O)(=O)[OH2+])C(O)C1OSOO[O-]. The number of ether oxygens (including phenoxy) is 3. The third-order valence-corrected chi connectivity index (χ3v) is 6.35. The van der Waals surface area contributed by atoms with Crippen molar-refractivity contribution < 1.29 is 106 Å². The van der Waals surface area contributed by atoms with E-state index in [1.54, 1.807) is 0 Å². The van der Waals surface area contributed by atoms with Crippen LogP contribution in [0, 0.1) is 0 Å². The van der Waals surface area contributed by atoms with Crippen molar-refractivity contribution in [2.75, 3.05) is 13.2 Å². The van der Waals surface area contributed by atoms with E-state index in [0.717, 1.165) is 0 Å². The lowest BCUT2D eigenvalue weighted by Gasteiger charge is -2.43. The van der Waals surface area contributed by atoms with Crippen molar-refractivity contribution in [1.82, 2.24) is 0 Å². The third-order valence-electron chi connectivity index (χ3n) is 4.65. The summed E-state index contributed by atoms with van der Waals surface area (Å²) in [4.78, 5) is 11.7. The van der Waals surface area contributed by atoms with Crippen LogP contribution in [0.3, 0.4) is 0 Å². The minimum absolute atomic E-state index is 0.0438. The van der Waals surface area contributed by atoms with Crippen LogP contribution in [0.1, 0.15) is 0 Å². The number of aliphatic hydroxyl groups is 2. The Bertz CT molecular complexity index is 976. The van der Waals surface area contributed by atoms with Crippen LogP contribution in [-0.4, -0.2) is 110 Å². The van der Waals surface area contributed by atoms with Crippen molar-refractivity contribution in [3.63, 3.8) is 0 Å². The van der Waals surface area contributed by atoms with E-state index in [2.05, 4.69) is 27.1 Å². The van der Waals surface area contributed by atoms with Gasteiger partial charge < -0.3 is 53.9 Å². The Morgan fingerprint density at radius 3 is 2.03 bits per heavy atom. The van der Waals surface area contributed by atoms with Crippen molar-refractivity contribution >= 4 is 51.4 Å². The first-order valence-electron chi connectivity index (χ1n) is 9.57. The van der Waals surface area contributed by atoms with E-state index in [-0.39, 0.29) is 24.6 Å². The molecule has 0 aromatic carbocycles. The van der Waals surface area contributed by atoms with E-state index in [1.165, 1.54) is 0 Å². The molecule has 23 nitrogen and oxygen atoms in total. The number of carboxylic acids is 1. The molecule has 2 aliphatic heterocycles. The second-order valence-electron chi connectivity index (χ2n) is 7.01. The first-order chi connectivity index (χ1) is 18.2. The molecular formula is C12H19O23S4-. The van der Waals surface area contributed by atoms with Crippen LogP contribution in [0.5, 0.6) is 0 Å². The molecule has 2 rings (SSSR count). The quantitative estimate of drug-likeness (QED) is 0.0481. The van der Waals surface area contributed by atoms with Crippen molar-refractivity contribution in [2.45, 2.75) is 55.1 Å². The van der Waals surface area contributed by atoms with Gasteiger partial charge in [0.2, 0.25) is 0 Å². The van der Waals surface area contributed by atoms with Gasteiger partial charge in [0.15, 0.2) is 37.0 Å². The van der Waals surface area contributed by atoms with E-state index in [0.29, 0.717) is 0 Å². The monoisotopic (exact) mass is 659 g/mol. The molecule has 0 aromatic heterocycles. The molecule has 9 atom stereocenters. The molecule has 0 aliphatic carbocycles. The van der Waals surface area contributed by atoms with Crippen LogP contribution in [0.15, 0.2) is 0 Å². The fraction of sp³-hybridized carbons (Fsp3) is 0.917. The number of aliphatic hydroxyl groups excluding tert-OH is 2. The highest BCUT2D eigenvalue weighted by Crippen LogP contribution is 2.35. The van der Waals surface area contributed by atoms with Gasteiger partial charge >= 0.3 is 20.8 Å². The zero-order chi connectivity index (χ0) is 29.4. The molecule has 0 saturated carbocycles. The molecule has 0 bridgehead atoms. The summed E-state index contributed by atoms with van der Waals surface area (Å²) in [7, 11) is -10.3. The second-order valence-corrected chi connectivity index (χ2v) is 10.2. The molecule has 6 N–H and O–H groups in total. The van der Waals surface area contributed by atoms with Gasteiger partial charge in [-0.05, 0) is 0 Å². The lowest BCUT2D eigenvalue weighted by molar-refractivity contribution is -0.777. The highest BCUT2D eigenvalue weighted by atomic mass is 32.3. The lowest BCUT2D eigenvalue weighted by Crippen LogP contribution is -2.65. The van der Waals surface area contributed by atoms with Gasteiger partial charge in [0.1, 0.15) is 42.7 Å². The van der Waals surface area contributed by atoms with E-state index in [1.807, 2.05) is 0 Å². The number of hydrogen-bond donors (Lipinski definition) is 2. The predicted molar refractivity (Wildman–Crippen MR) is 105 cm³/mol. The third kappa shape index (κ3) is 10.6. The molecule has 0 aromatic rings. The summed E-state index contributed by atoms with van der Waals surface area (Å²) in [5, 5.41) is 57.7. The van der Waals surface area contributed by atoms with Gasteiger partial charge in [-0.15, -0.1) is 25.5 Å². The van der Waals surface area contributed by atoms with E-state index in [9.17, 15) is 47.5 Å².